The summed E-state index contributed by atoms with van der Waals surface area (Å²) in [4.78, 5) is 11.8. The molecule has 0 saturated heterocycles. The van der Waals surface area contributed by atoms with Crippen molar-refractivity contribution in [2.75, 3.05) is 33.4 Å². The highest BCUT2D eigenvalue weighted by Gasteiger charge is 2.14. The summed E-state index contributed by atoms with van der Waals surface area (Å²) < 4.78 is 15.1. The molecule has 0 radical (unpaired) electrons. The van der Waals surface area contributed by atoms with E-state index in [0.717, 1.165) is 6.54 Å². The number of carbonyl (C=O) groups is 1. The quantitative estimate of drug-likeness (QED) is 0.698. The molecule has 0 aromatic carbocycles. The Bertz CT molecular complexity index is 521. The number of aromatic nitrogens is 1. The first-order valence-corrected chi connectivity index (χ1v) is 6.29. The second-order valence-corrected chi connectivity index (χ2v) is 4.05. The minimum absolute atomic E-state index is 0.230. The lowest BCUT2D eigenvalue weighted by Crippen LogP contribution is -2.33. The van der Waals surface area contributed by atoms with E-state index < -0.39 is 0 Å². The summed E-state index contributed by atoms with van der Waals surface area (Å²) in [5.74, 6) is 0.691. The fourth-order valence-corrected chi connectivity index (χ4v) is 1.57. The van der Waals surface area contributed by atoms with E-state index in [2.05, 4.69) is 15.8 Å². The predicted octanol–water partition coefficient (Wildman–Crippen LogP) is 0.900. The van der Waals surface area contributed by atoms with Gasteiger partial charge in [-0.25, -0.2) is 0 Å². The largest absolute Gasteiger partial charge is 0.461 e. The number of hydrogen-bond acceptors (Lipinski definition) is 6. The second-order valence-electron chi connectivity index (χ2n) is 4.05. The zero-order valence-electron chi connectivity index (χ0n) is 11.2. The molecule has 0 aliphatic rings. The fraction of sp³-hybridized carbons (Fsp3) is 0.385. The molecule has 0 spiro atoms. The van der Waals surface area contributed by atoms with E-state index in [0.29, 0.717) is 31.2 Å². The minimum atomic E-state index is -0.278. The monoisotopic (exact) mass is 279 g/mol. The van der Waals surface area contributed by atoms with Gasteiger partial charge in [-0.1, -0.05) is 5.16 Å². The summed E-state index contributed by atoms with van der Waals surface area (Å²) in [6, 6.07) is 5.03. The van der Waals surface area contributed by atoms with Gasteiger partial charge in [0.2, 0.25) is 5.76 Å². The van der Waals surface area contributed by atoms with Crippen LogP contribution in [0.1, 0.15) is 10.5 Å². The smallest absolute Gasteiger partial charge is 0.273 e. The van der Waals surface area contributed by atoms with Crippen molar-refractivity contribution in [1.82, 2.24) is 15.8 Å². The highest BCUT2D eigenvalue weighted by molar-refractivity contribution is 5.92. The fourth-order valence-electron chi connectivity index (χ4n) is 1.57. The van der Waals surface area contributed by atoms with Crippen molar-refractivity contribution in [2.45, 2.75) is 0 Å². The Morgan fingerprint density at radius 2 is 2.25 bits per heavy atom. The first kappa shape index (κ1) is 14.3. The molecule has 0 atom stereocenters. The number of furan rings is 1. The third-order valence-corrected chi connectivity index (χ3v) is 2.58. The molecule has 2 rings (SSSR count). The molecule has 0 fully saturated rings. The Morgan fingerprint density at radius 1 is 1.35 bits per heavy atom. The van der Waals surface area contributed by atoms with Crippen LogP contribution in [-0.2, 0) is 4.74 Å². The summed E-state index contributed by atoms with van der Waals surface area (Å²) in [6.07, 6.45) is 1.53. The normalized spacial score (nSPS) is 10.7. The second kappa shape index (κ2) is 7.46. The number of nitrogens with zero attached hydrogens (tertiary/aromatic N) is 1. The van der Waals surface area contributed by atoms with Gasteiger partial charge in [-0.2, -0.15) is 0 Å². The topological polar surface area (TPSA) is 89.5 Å². The van der Waals surface area contributed by atoms with E-state index in [1.54, 1.807) is 25.3 Å². The summed E-state index contributed by atoms with van der Waals surface area (Å²) in [6.45, 7) is 2.56. The number of nitrogens with one attached hydrogen (secondary N) is 2. The lowest BCUT2D eigenvalue weighted by molar-refractivity contribution is 0.0944. The predicted molar refractivity (Wildman–Crippen MR) is 71.3 cm³/mol. The molecule has 2 heterocycles. The van der Waals surface area contributed by atoms with Crippen LogP contribution < -0.4 is 10.6 Å². The Labute approximate surface area is 116 Å². The van der Waals surface area contributed by atoms with Gasteiger partial charge in [-0.3, -0.25) is 4.79 Å². The minimum Gasteiger partial charge on any atom is -0.461 e. The van der Waals surface area contributed by atoms with E-state index in [1.807, 2.05) is 0 Å². The van der Waals surface area contributed by atoms with Gasteiger partial charge in [0.1, 0.15) is 0 Å². The Kier molecular flexibility index (Phi) is 5.33. The lowest BCUT2D eigenvalue weighted by Gasteiger charge is -2.04. The first-order valence-electron chi connectivity index (χ1n) is 6.29. The van der Waals surface area contributed by atoms with Gasteiger partial charge >= 0.3 is 0 Å². The summed E-state index contributed by atoms with van der Waals surface area (Å²) in [7, 11) is 1.64. The van der Waals surface area contributed by atoms with Crippen molar-refractivity contribution in [3.05, 3.63) is 30.2 Å². The third-order valence-electron chi connectivity index (χ3n) is 2.58. The van der Waals surface area contributed by atoms with Gasteiger partial charge < -0.3 is 24.3 Å². The first-order chi connectivity index (χ1) is 9.81. The SMILES string of the molecule is COCCNCCNC(=O)c1cc(-c2ccco2)on1. The van der Waals surface area contributed by atoms with Gasteiger partial charge in [0.25, 0.3) is 5.91 Å². The summed E-state index contributed by atoms with van der Waals surface area (Å²) in [5, 5.41) is 9.57. The Hall–Kier alpha value is -2.12. The van der Waals surface area contributed by atoms with Crippen LogP contribution in [0.2, 0.25) is 0 Å². The van der Waals surface area contributed by atoms with Crippen LogP contribution >= 0.6 is 0 Å². The molecule has 20 heavy (non-hydrogen) atoms. The summed E-state index contributed by atoms with van der Waals surface area (Å²) >= 11 is 0. The van der Waals surface area contributed by atoms with Gasteiger partial charge in [-0.15, -0.1) is 0 Å². The van der Waals surface area contributed by atoms with E-state index in [9.17, 15) is 4.79 Å². The van der Waals surface area contributed by atoms with Crippen LogP contribution in [0.15, 0.2) is 33.4 Å². The molecule has 0 aliphatic heterocycles. The molecule has 2 aromatic rings. The van der Waals surface area contributed by atoms with Crippen molar-refractivity contribution < 1.29 is 18.5 Å². The third kappa shape index (κ3) is 3.94. The molecule has 108 valence electrons. The zero-order valence-corrected chi connectivity index (χ0v) is 11.2. The van der Waals surface area contributed by atoms with E-state index >= 15 is 0 Å². The van der Waals surface area contributed by atoms with Crippen molar-refractivity contribution >= 4 is 5.91 Å². The highest BCUT2D eigenvalue weighted by atomic mass is 16.5. The van der Waals surface area contributed by atoms with Crippen molar-refractivity contribution in [3.63, 3.8) is 0 Å². The number of hydrogen-bond donors (Lipinski definition) is 2. The maximum Gasteiger partial charge on any atom is 0.273 e. The maximum atomic E-state index is 11.8. The van der Waals surface area contributed by atoms with E-state index in [1.165, 1.54) is 6.26 Å². The van der Waals surface area contributed by atoms with Crippen molar-refractivity contribution in [2.24, 2.45) is 0 Å². The molecule has 0 saturated carbocycles. The molecule has 0 aliphatic carbocycles. The number of rotatable bonds is 8. The van der Waals surface area contributed by atoms with Crippen molar-refractivity contribution in [3.8, 4) is 11.5 Å². The highest BCUT2D eigenvalue weighted by Crippen LogP contribution is 2.20. The van der Waals surface area contributed by atoms with Gasteiger partial charge in [-0.05, 0) is 12.1 Å². The molecule has 2 N–H and O–H groups in total. The molecular weight excluding hydrogens is 262 g/mol. The molecule has 0 bridgehead atoms. The molecule has 7 heteroatoms. The van der Waals surface area contributed by atoms with Crippen LogP contribution in [0.25, 0.3) is 11.5 Å². The van der Waals surface area contributed by atoms with Gasteiger partial charge in [0, 0.05) is 32.8 Å². The number of carbonyl (C=O) groups excluding carboxylic acids is 1. The van der Waals surface area contributed by atoms with Crippen LogP contribution in [0.4, 0.5) is 0 Å². The van der Waals surface area contributed by atoms with E-state index in [4.69, 9.17) is 13.7 Å². The van der Waals surface area contributed by atoms with Crippen LogP contribution in [0.5, 0.6) is 0 Å². The van der Waals surface area contributed by atoms with Crippen LogP contribution in [-0.4, -0.2) is 44.4 Å². The maximum absolute atomic E-state index is 11.8. The summed E-state index contributed by atoms with van der Waals surface area (Å²) in [5.41, 5.74) is 0.230. The standard InChI is InChI=1S/C13H17N3O4/c1-18-8-6-14-4-5-15-13(17)10-9-12(20-16-10)11-3-2-7-19-11/h2-3,7,9,14H,4-6,8H2,1H3,(H,15,17). The molecule has 0 unspecified atom stereocenters. The molecule has 2 aromatic heterocycles. The van der Waals surface area contributed by atoms with Gasteiger partial charge in [0.05, 0.1) is 12.9 Å². The molecular formula is C13H17N3O4. The molecule has 1 amide bonds. The average molecular weight is 279 g/mol. The molecule has 7 nitrogen and oxygen atoms in total. The van der Waals surface area contributed by atoms with Gasteiger partial charge in [0.15, 0.2) is 11.5 Å². The van der Waals surface area contributed by atoms with Crippen molar-refractivity contribution in [1.29, 1.82) is 0 Å². The Morgan fingerprint density at radius 3 is 3.00 bits per heavy atom. The number of ether oxygens (including phenoxy) is 1. The Balaban J connectivity index is 1.76. The van der Waals surface area contributed by atoms with Crippen LogP contribution in [0, 0.1) is 0 Å². The lowest BCUT2D eigenvalue weighted by atomic mass is 10.3. The zero-order chi connectivity index (χ0) is 14.2. The van der Waals surface area contributed by atoms with E-state index in [-0.39, 0.29) is 11.6 Å². The van der Waals surface area contributed by atoms with Crippen LogP contribution in [0.3, 0.4) is 0 Å². The number of methoxy groups -OCH3 is 1. The average Bonchev–Trinajstić information content (AvgIpc) is 3.12. The number of amides is 1.